The quantitative estimate of drug-likeness (QED) is 0.780. The first-order valence-electron chi connectivity index (χ1n) is 7.54. The van der Waals surface area contributed by atoms with Crippen molar-refractivity contribution in [1.82, 2.24) is 19.5 Å². The predicted molar refractivity (Wildman–Crippen MR) is 85.6 cm³/mol. The molecular weight excluding hydrogens is 264 g/mol. The maximum absolute atomic E-state index is 4.37. The van der Waals surface area contributed by atoms with E-state index in [4.69, 9.17) is 0 Å². The van der Waals surface area contributed by atoms with Crippen LogP contribution in [0.25, 0.3) is 0 Å². The number of hydrogen-bond donors (Lipinski definition) is 2. The van der Waals surface area contributed by atoms with E-state index in [9.17, 15) is 0 Å². The summed E-state index contributed by atoms with van der Waals surface area (Å²) < 4.78 is 2.04. The third-order valence-corrected chi connectivity index (χ3v) is 3.40. The molecule has 2 aromatic heterocycles. The molecule has 0 fully saturated rings. The number of nitrogens with one attached hydrogen (secondary N) is 2. The molecule has 0 saturated heterocycles. The van der Waals surface area contributed by atoms with Crippen LogP contribution in [0.2, 0.25) is 0 Å². The monoisotopic (exact) mass is 288 g/mol. The Bertz CT molecular complexity index is 563. The Hall–Kier alpha value is -2.11. The number of aryl methyl sites for hydroxylation is 1. The van der Waals surface area contributed by atoms with Crippen LogP contribution in [0.1, 0.15) is 31.7 Å². The number of anilines is 2. The van der Waals surface area contributed by atoms with Gasteiger partial charge in [0.1, 0.15) is 23.8 Å². The maximum atomic E-state index is 4.37. The zero-order valence-electron chi connectivity index (χ0n) is 13.1. The third kappa shape index (κ3) is 3.93. The van der Waals surface area contributed by atoms with Crippen molar-refractivity contribution < 1.29 is 0 Å². The summed E-state index contributed by atoms with van der Waals surface area (Å²) in [5.41, 5.74) is 1.14. The van der Waals surface area contributed by atoms with Gasteiger partial charge in [0, 0.05) is 44.5 Å². The summed E-state index contributed by atoms with van der Waals surface area (Å²) >= 11 is 0. The van der Waals surface area contributed by atoms with E-state index in [1.165, 1.54) is 0 Å². The van der Waals surface area contributed by atoms with Gasteiger partial charge < -0.3 is 15.2 Å². The van der Waals surface area contributed by atoms with Gasteiger partial charge in [0.2, 0.25) is 0 Å². The van der Waals surface area contributed by atoms with Crippen molar-refractivity contribution in [2.45, 2.75) is 33.1 Å². The summed E-state index contributed by atoms with van der Waals surface area (Å²) in [4.78, 5) is 13.0. The smallest absolute Gasteiger partial charge is 0.134 e. The van der Waals surface area contributed by atoms with E-state index in [0.717, 1.165) is 55.4 Å². The number of imidazole rings is 1. The van der Waals surface area contributed by atoms with E-state index in [1.54, 1.807) is 6.33 Å². The molecule has 0 radical (unpaired) electrons. The molecule has 114 valence electrons. The Balaban J connectivity index is 2.00. The van der Waals surface area contributed by atoms with Gasteiger partial charge in [-0.3, -0.25) is 0 Å². The maximum Gasteiger partial charge on any atom is 0.134 e. The van der Waals surface area contributed by atoms with Crippen LogP contribution in [0.4, 0.5) is 11.6 Å². The van der Waals surface area contributed by atoms with Gasteiger partial charge in [-0.25, -0.2) is 15.0 Å². The van der Waals surface area contributed by atoms with Gasteiger partial charge in [-0.05, 0) is 12.8 Å². The standard InChI is InChI=1S/C15H24N6/c1-4-7-17-14-12(5-2)15(20-11-19-14)18-8-6-13-16-9-10-21(13)3/h9-11H,4-8H2,1-3H3,(H2,17,18,19,20). The molecule has 0 bridgehead atoms. The van der Waals surface area contributed by atoms with Crippen LogP contribution in [-0.4, -0.2) is 32.6 Å². The van der Waals surface area contributed by atoms with E-state index in [1.807, 2.05) is 24.0 Å². The van der Waals surface area contributed by atoms with Crippen LogP contribution in [0, 0.1) is 0 Å². The van der Waals surface area contributed by atoms with Gasteiger partial charge in [-0.15, -0.1) is 0 Å². The number of rotatable bonds is 8. The minimum Gasteiger partial charge on any atom is -0.370 e. The fourth-order valence-electron chi connectivity index (χ4n) is 2.23. The van der Waals surface area contributed by atoms with Gasteiger partial charge in [-0.2, -0.15) is 0 Å². The van der Waals surface area contributed by atoms with Crippen LogP contribution in [0.5, 0.6) is 0 Å². The normalized spacial score (nSPS) is 10.6. The van der Waals surface area contributed by atoms with Crippen LogP contribution in [0.15, 0.2) is 18.7 Å². The van der Waals surface area contributed by atoms with Crippen LogP contribution in [0.3, 0.4) is 0 Å². The van der Waals surface area contributed by atoms with Crippen molar-refractivity contribution >= 4 is 11.6 Å². The molecule has 2 heterocycles. The highest BCUT2D eigenvalue weighted by Gasteiger charge is 2.09. The highest BCUT2D eigenvalue weighted by atomic mass is 15.1. The molecule has 0 spiro atoms. The minimum atomic E-state index is 0.808. The summed E-state index contributed by atoms with van der Waals surface area (Å²) in [5.74, 6) is 2.92. The first-order chi connectivity index (χ1) is 10.3. The molecule has 2 aromatic rings. The molecular formula is C15H24N6. The van der Waals surface area contributed by atoms with Crippen molar-refractivity contribution in [3.63, 3.8) is 0 Å². The average Bonchev–Trinajstić information content (AvgIpc) is 2.90. The lowest BCUT2D eigenvalue weighted by molar-refractivity contribution is 0.787. The van der Waals surface area contributed by atoms with Crippen molar-refractivity contribution in [1.29, 1.82) is 0 Å². The van der Waals surface area contributed by atoms with Gasteiger partial charge in [-0.1, -0.05) is 13.8 Å². The van der Waals surface area contributed by atoms with Crippen molar-refractivity contribution in [2.24, 2.45) is 7.05 Å². The van der Waals surface area contributed by atoms with Crippen molar-refractivity contribution in [2.75, 3.05) is 23.7 Å². The molecule has 0 aliphatic heterocycles. The van der Waals surface area contributed by atoms with Gasteiger partial charge >= 0.3 is 0 Å². The molecule has 6 nitrogen and oxygen atoms in total. The fraction of sp³-hybridized carbons (Fsp3) is 0.533. The Kier molecular flexibility index (Phi) is 5.54. The zero-order valence-corrected chi connectivity index (χ0v) is 13.1. The third-order valence-electron chi connectivity index (χ3n) is 3.40. The summed E-state index contributed by atoms with van der Waals surface area (Å²) in [6.07, 6.45) is 8.25. The SMILES string of the molecule is CCCNc1ncnc(NCCc2nccn2C)c1CC. The second-order valence-electron chi connectivity index (χ2n) is 4.96. The highest BCUT2D eigenvalue weighted by Crippen LogP contribution is 2.20. The number of aromatic nitrogens is 4. The van der Waals surface area contributed by atoms with E-state index < -0.39 is 0 Å². The highest BCUT2D eigenvalue weighted by molar-refractivity contribution is 5.57. The lowest BCUT2D eigenvalue weighted by Gasteiger charge is -2.14. The lowest BCUT2D eigenvalue weighted by atomic mass is 10.2. The topological polar surface area (TPSA) is 67.7 Å². The molecule has 2 rings (SSSR count). The van der Waals surface area contributed by atoms with Gasteiger partial charge in [0.05, 0.1) is 0 Å². The summed E-state index contributed by atoms with van der Waals surface area (Å²) in [5, 5.41) is 6.76. The molecule has 0 saturated carbocycles. The Morgan fingerprint density at radius 2 is 1.76 bits per heavy atom. The predicted octanol–water partition coefficient (Wildman–Crippen LogP) is 2.25. The van der Waals surface area contributed by atoms with Crippen molar-refractivity contribution in [3.05, 3.63) is 30.1 Å². The fourth-order valence-corrected chi connectivity index (χ4v) is 2.23. The Morgan fingerprint density at radius 3 is 2.33 bits per heavy atom. The van der Waals surface area contributed by atoms with Crippen LogP contribution < -0.4 is 10.6 Å². The van der Waals surface area contributed by atoms with E-state index in [0.29, 0.717) is 0 Å². The second kappa shape index (κ2) is 7.61. The Morgan fingerprint density at radius 1 is 1.05 bits per heavy atom. The minimum absolute atomic E-state index is 0.808. The largest absolute Gasteiger partial charge is 0.370 e. The molecule has 2 N–H and O–H groups in total. The number of hydrogen-bond acceptors (Lipinski definition) is 5. The summed E-state index contributed by atoms with van der Waals surface area (Å²) in [6, 6.07) is 0. The van der Waals surface area contributed by atoms with E-state index in [-0.39, 0.29) is 0 Å². The van der Waals surface area contributed by atoms with Crippen LogP contribution >= 0.6 is 0 Å². The first-order valence-corrected chi connectivity index (χ1v) is 7.54. The second-order valence-corrected chi connectivity index (χ2v) is 4.96. The molecule has 0 aromatic carbocycles. The zero-order chi connectivity index (χ0) is 15.1. The molecule has 0 atom stereocenters. The molecule has 6 heteroatoms. The number of nitrogens with zero attached hydrogens (tertiary/aromatic N) is 4. The van der Waals surface area contributed by atoms with Crippen LogP contribution in [-0.2, 0) is 19.9 Å². The molecule has 0 unspecified atom stereocenters. The van der Waals surface area contributed by atoms with Gasteiger partial charge in [0.15, 0.2) is 0 Å². The summed E-state index contributed by atoms with van der Waals surface area (Å²) in [7, 11) is 2.01. The Labute approximate surface area is 126 Å². The average molecular weight is 288 g/mol. The molecule has 0 amide bonds. The van der Waals surface area contributed by atoms with E-state index in [2.05, 4.69) is 39.4 Å². The molecule has 0 aliphatic carbocycles. The molecule has 21 heavy (non-hydrogen) atoms. The lowest BCUT2D eigenvalue weighted by Crippen LogP contribution is -2.13. The first kappa shape index (κ1) is 15.3. The van der Waals surface area contributed by atoms with Crippen molar-refractivity contribution in [3.8, 4) is 0 Å². The molecule has 0 aliphatic rings. The summed E-state index contributed by atoms with van der Waals surface area (Å²) in [6.45, 7) is 6.00. The van der Waals surface area contributed by atoms with Gasteiger partial charge in [0.25, 0.3) is 0 Å². The van der Waals surface area contributed by atoms with E-state index >= 15 is 0 Å².